The van der Waals surface area contributed by atoms with E-state index in [9.17, 15) is 4.57 Å². The molecule has 7 N–H and O–H groups in total. The van der Waals surface area contributed by atoms with Gasteiger partial charge in [0.2, 0.25) is 0 Å². The number of nitrogens with two attached hydrogens (primary N) is 1. The van der Waals surface area contributed by atoms with E-state index in [0.717, 1.165) is 19.3 Å². The monoisotopic (exact) mass is 331 g/mol. The van der Waals surface area contributed by atoms with Crippen LogP contribution >= 0.6 is 7.82 Å². The highest BCUT2D eigenvalue weighted by Crippen LogP contribution is 2.35. The summed E-state index contributed by atoms with van der Waals surface area (Å²) in [6.45, 7) is 1.10. The molecule has 0 aliphatic heterocycles. The number of aliphatic hydroxyl groups is 3. The molecule has 0 amide bonds. The largest absolute Gasteiger partial charge is 0.469 e. The molecule has 0 atom stereocenters. The van der Waals surface area contributed by atoms with Gasteiger partial charge in [-0.1, -0.05) is 39.0 Å². The maximum Gasteiger partial charge on any atom is 0.469 e. The Morgan fingerprint density at radius 3 is 1.71 bits per heavy atom. The molecule has 0 unspecified atom stereocenters. The highest BCUT2D eigenvalue weighted by atomic mass is 31.2. The molecular weight excluding hydrogens is 301 g/mol. The van der Waals surface area contributed by atoms with Gasteiger partial charge in [0.25, 0.3) is 0 Å². The molecule has 9 heteroatoms. The van der Waals surface area contributed by atoms with Crippen molar-refractivity contribution in [3.63, 3.8) is 0 Å². The molecule has 0 rings (SSSR count). The molecule has 8 nitrogen and oxygen atoms in total. The lowest BCUT2D eigenvalue weighted by Crippen LogP contribution is -2.50. The molecule has 0 aliphatic carbocycles. The summed E-state index contributed by atoms with van der Waals surface area (Å²) < 4.78 is 14.5. The third-order valence-electron chi connectivity index (χ3n) is 2.70. The van der Waals surface area contributed by atoms with Crippen molar-refractivity contribution in [2.75, 3.05) is 26.4 Å². The van der Waals surface area contributed by atoms with Gasteiger partial charge in [0.05, 0.1) is 32.0 Å². The van der Waals surface area contributed by atoms with Crippen molar-refractivity contribution in [2.45, 2.75) is 51.0 Å². The second-order valence-electron chi connectivity index (χ2n) is 4.93. The Kier molecular flexibility index (Phi) is 15.0. The first-order chi connectivity index (χ1) is 9.74. The Bertz CT molecular complexity index is 260. The molecule has 0 aliphatic rings. The van der Waals surface area contributed by atoms with Gasteiger partial charge in [-0.05, 0) is 6.42 Å². The smallest absolute Gasteiger partial charge is 0.394 e. The molecule has 21 heavy (non-hydrogen) atoms. The van der Waals surface area contributed by atoms with E-state index in [1.54, 1.807) is 0 Å². The van der Waals surface area contributed by atoms with Crippen LogP contribution in [-0.4, -0.2) is 57.1 Å². The predicted molar refractivity (Wildman–Crippen MR) is 79.5 cm³/mol. The van der Waals surface area contributed by atoms with E-state index in [2.05, 4.69) is 11.4 Å². The first kappa shape index (κ1) is 23.2. The highest BCUT2D eigenvalue weighted by Gasteiger charge is 2.20. The summed E-state index contributed by atoms with van der Waals surface area (Å²) in [5.74, 6) is 0. The van der Waals surface area contributed by atoms with Crippen molar-refractivity contribution in [1.82, 2.24) is 0 Å². The van der Waals surface area contributed by atoms with E-state index in [-0.39, 0.29) is 6.61 Å². The van der Waals surface area contributed by atoms with Gasteiger partial charge >= 0.3 is 7.82 Å². The van der Waals surface area contributed by atoms with Crippen molar-refractivity contribution < 1.29 is 34.2 Å². The highest BCUT2D eigenvalue weighted by molar-refractivity contribution is 7.46. The average Bonchev–Trinajstić information content (AvgIpc) is 2.45. The van der Waals surface area contributed by atoms with Crippen LogP contribution in [0.1, 0.15) is 45.4 Å². The van der Waals surface area contributed by atoms with Crippen molar-refractivity contribution >= 4 is 7.82 Å². The third-order valence-corrected chi connectivity index (χ3v) is 3.22. The zero-order valence-corrected chi connectivity index (χ0v) is 13.5. The Balaban J connectivity index is 0. The fourth-order valence-electron chi connectivity index (χ4n) is 1.22. The van der Waals surface area contributed by atoms with Gasteiger partial charge in [0.1, 0.15) is 0 Å². The molecule has 0 aromatic carbocycles. The summed E-state index contributed by atoms with van der Waals surface area (Å²) in [5.41, 5.74) is 3.94. The fraction of sp³-hybridized carbons (Fsp3) is 1.00. The molecule has 0 saturated heterocycles. The van der Waals surface area contributed by atoms with Crippen LogP contribution in [0.25, 0.3) is 0 Å². The molecule has 0 spiro atoms. The summed E-state index contributed by atoms with van der Waals surface area (Å²) in [7, 11) is -4.23. The van der Waals surface area contributed by atoms with Gasteiger partial charge < -0.3 is 30.8 Å². The summed E-state index contributed by atoms with van der Waals surface area (Å²) in [6, 6.07) is 0. The van der Waals surface area contributed by atoms with E-state index in [0.29, 0.717) is 0 Å². The average molecular weight is 331 g/mol. The minimum atomic E-state index is -4.23. The Morgan fingerprint density at radius 2 is 1.38 bits per heavy atom. The van der Waals surface area contributed by atoms with E-state index >= 15 is 0 Å². The van der Waals surface area contributed by atoms with E-state index < -0.39 is 33.2 Å². The Labute approximate surface area is 126 Å². The molecule has 0 aromatic heterocycles. The number of rotatable bonds is 11. The van der Waals surface area contributed by atoms with Crippen LogP contribution in [0.15, 0.2) is 0 Å². The third kappa shape index (κ3) is 17.9. The van der Waals surface area contributed by atoms with Crippen molar-refractivity contribution in [3.05, 3.63) is 0 Å². The topological polar surface area (TPSA) is 153 Å². The molecule has 0 fully saturated rings. The van der Waals surface area contributed by atoms with Crippen molar-refractivity contribution in [2.24, 2.45) is 5.73 Å². The van der Waals surface area contributed by atoms with E-state index in [1.807, 2.05) is 0 Å². The van der Waals surface area contributed by atoms with Crippen LogP contribution < -0.4 is 5.73 Å². The van der Waals surface area contributed by atoms with E-state index in [1.165, 1.54) is 19.3 Å². The minimum Gasteiger partial charge on any atom is -0.394 e. The first-order valence-electron chi connectivity index (χ1n) is 7.06. The number of hydrogen-bond donors (Lipinski definition) is 6. The summed E-state index contributed by atoms with van der Waals surface area (Å²) >= 11 is 0. The molecular formula is C12H30NO7P. The first-order valence-corrected chi connectivity index (χ1v) is 8.59. The lowest BCUT2D eigenvalue weighted by molar-refractivity contribution is 0.0697. The molecule has 0 saturated carbocycles. The second kappa shape index (κ2) is 13.6. The zero-order chi connectivity index (χ0) is 16.8. The van der Waals surface area contributed by atoms with Crippen LogP contribution in [0.4, 0.5) is 0 Å². The lowest BCUT2D eigenvalue weighted by atomic mass is 10.1. The molecule has 0 heterocycles. The molecule has 0 radical (unpaired) electrons. The molecule has 130 valence electrons. The van der Waals surface area contributed by atoms with Gasteiger partial charge in [-0.15, -0.1) is 0 Å². The summed E-state index contributed by atoms with van der Waals surface area (Å²) in [4.78, 5) is 16.7. The standard InChI is InChI=1S/C8H19O4P.C4H11NO3/c1-2-3-4-5-6-7-8-12-13(9,10)11;5-4(1-6,2-7)3-8/h2-8H2,1H3,(H2,9,10,11);6-8H,1-3,5H2. The summed E-state index contributed by atoms with van der Waals surface area (Å²) in [6.07, 6.45) is 6.48. The van der Waals surface area contributed by atoms with Gasteiger partial charge in [0.15, 0.2) is 0 Å². The van der Waals surface area contributed by atoms with Crippen molar-refractivity contribution in [1.29, 1.82) is 0 Å². The zero-order valence-electron chi connectivity index (χ0n) is 12.6. The van der Waals surface area contributed by atoms with Gasteiger partial charge in [0, 0.05) is 0 Å². The van der Waals surface area contributed by atoms with Crippen LogP contribution in [0.2, 0.25) is 0 Å². The maximum atomic E-state index is 10.2. The van der Waals surface area contributed by atoms with Crippen LogP contribution in [0.5, 0.6) is 0 Å². The number of hydrogen-bond acceptors (Lipinski definition) is 6. The van der Waals surface area contributed by atoms with E-state index in [4.69, 9.17) is 30.8 Å². The van der Waals surface area contributed by atoms with Crippen LogP contribution in [0.3, 0.4) is 0 Å². The maximum absolute atomic E-state index is 10.2. The number of phosphoric ester groups is 1. The predicted octanol–water partition coefficient (Wildman–Crippen LogP) is 0.117. The Hall–Kier alpha value is -0.0500. The Morgan fingerprint density at radius 1 is 0.952 bits per heavy atom. The van der Waals surface area contributed by atoms with Crippen molar-refractivity contribution in [3.8, 4) is 0 Å². The SMILES string of the molecule is CCCCCCCCOP(=O)(O)O.NC(CO)(CO)CO. The van der Waals surface area contributed by atoms with Gasteiger partial charge in [-0.3, -0.25) is 4.52 Å². The fourth-order valence-corrected chi connectivity index (χ4v) is 1.58. The lowest BCUT2D eigenvalue weighted by Gasteiger charge is -2.20. The summed E-state index contributed by atoms with van der Waals surface area (Å²) in [5, 5.41) is 25.0. The van der Waals surface area contributed by atoms with Gasteiger partial charge in [-0.2, -0.15) is 0 Å². The number of aliphatic hydroxyl groups excluding tert-OH is 3. The number of unbranched alkanes of at least 4 members (excludes halogenated alkanes) is 5. The van der Waals surface area contributed by atoms with Crippen LogP contribution in [-0.2, 0) is 9.09 Å². The second-order valence-corrected chi connectivity index (χ2v) is 6.17. The number of phosphoric acid groups is 1. The molecule has 0 aromatic rings. The molecule has 0 bridgehead atoms. The minimum absolute atomic E-state index is 0.163. The quantitative estimate of drug-likeness (QED) is 0.230. The normalized spacial score (nSPS) is 12.0. The van der Waals surface area contributed by atoms with Gasteiger partial charge in [-0.25, -0.2) is 4.57 Å². The van der Waals surface area contributed by atoms with Crippen LogP contribution in [0, 0.1) is 0 Å².